The van der Waals surface area contributed by atoms with E-state index in [1.54, 1.807) is 13.0 Å². The number of thiocarbonyl (C=S) groups is 1. The number of nitrogens with zero attached hydrogens (tertiary/aromatic N) is 2. The highest BCUT2D eigenvalue weighted by Gasteiger charge is 2.11. The second-order valence-corrected chi connectivity index (χ2v) is 4.03. The average Bonchev–Trinajstić information content (AvgIpc) is 2.34. The van der Waals surface area contributed by atoms with Crippen LogP contribution < -0.4 is 10.5 Å². The van der Waals surface area contributed by atoms with Crippen LogP contribution in [0, 0.1) is 12.7 Å². The molecule has 0 saturated carbocycles. The normalized spacial score (nSPS) is 10.1. The lowest BCUT2D eigenvalue weighted by Crippen LogP contribution is -2.13. The predicted molar refractivity (Wildman–Crippen MR) is 69.1 cm³/mol. The molecule has 92 valence electrons. The van der Waals surface area contributed by atoms with Crippen molar-refractivity contribution in [2.45, 2.75) is 6.92 Å². The van der Waals surface area contributed by atoms with Crippen LogP contribution in [-0.4, -0.2) is 15.0 Å². The molecule has 0 spiro atoms. The van der Waals surface area contributed by atoms with Crippen LogP contribution in [0.1, 0.15) is 11.3 Å². The van der Waals surface area contributed by atoms with E-state index in [1.165, 1.54) is 24.5 Å². The number of benzene rings is 1. The molecule has 2 aromatic rings. The van der Waals surface area contributed by atoms with Gasteiger partial charge in [-0.1, -0.05) is 18.3 Å². The second-order valence-electron chi connectivity index (χ2n) is 3.59. The highest BCUT2D eigenvalue weighted by molar-refractivity contribution is 7.80. The predicted octanol–water partition coefficient (Wildman–Crippen LogP) is 2.35. The van der Waals surface area contributed by atoms with Gasteiger partial charge in [-0.2, -0.15) is 0 Å². The molecule has 0 aliphatic rings. The SMILES string of the molecule is Cc1ccc(F)cc1Oc1nccnc1C(N)=S. The van der Waals surface area contributed by atoms with E-state index in [0.717, 1.165) is 5.56 Å². The summed E-state index contributed by atoms with van der Waals surface area (Å²) in [7, 11) is 0. The number of rotatable bonds is 3. The minimum absolute atomic E-state index is 0.0761. The third-order valence-corrected chi connectivity index (χ3v) is 2.45. The van der Waals surface area contributed by atoms with Crippen molar-refractivity contribution in [2.75, 3.05) is 0 Å². The summed E-state index contributed by atoms with van der Waals surface area (Å²) in [6.07, 6.45) is 2.91. The van der Waals surface area contributed by atoms with Gasteiger partial charge in [0, 0.05) is 18.5 Å². The standard InChI is InChI=1S/C12H10FN3OS/c1-7-2-3-8(13)6-9(7)17-12-10(11(14)18)15-4-5-16-12/h2-6H,1H3,(H2,14,18). The molecule has 0 amide bonds. The van der Waals surface area contributed by atoms with Gasteiger partial charge in [-0.3, -0.25) is 0 Å². The molecule has 6 heteroatoms. The van der Waals surface area contributed by atoms with E-state index in [9.17, 15) is 4.39 Å². The van der Waals surface area contributed by atoms with Crippen molar-refractivity contribution in [3.05, 3.63) is 47.7 Å². The van der Waals surface area contributed by atoms with Crippen molar-refractivity contribution in [3.8, 4) is 11.6 Å². The topological polar surface area (TPSA) is 61.0 Å². The van der Waals surface area contributed by atoms with Gasteiger partial charge in [-0.15, -0.1) is 0 Å². The molecule has 1 aromatic heterocycles. The number of ether oxygens (including phenoxy) is 1. The Labute approximate surface area is 109 Å². The zero-order valence-electron chi connectivity index (χ0n) is 9.55. The fraction of sp³-hybridized carbons (Fsp3) is 0.0833. The quantitative estimate of drug-likeness (QED) is 0.861. The van der Waals surface area contributed by atoms with Crippen molar-refractivity contribution in [1.29, 1.82) is 0 Å². The van der Waals surface area contributed by atoms with Crippen LogP contribution >= 0.6 is 12.2 Å². The summed E-state index contributed by atoms with van der Waals surface area (Å²) in [6.45, 7) is 1.80. The van der Waals surface area contributed by atoms with Gasteiger partial charge < -0.3 is 10.5 Å². The first kappa shape index (κ1) is 12.4. The average molecular weight is 263 g/mol. The summed E-state index contributed by atoms with van der Waals surface area (Å²) in [6, 6.07) is 4.24. The molecule has 0 aliphatic carbocycles. The molecule has 0 radical (unpaired) electrons. The van der Waals surface area contributed by atoms with Crippen molar-refractivity contribution in [1.82, 2.24) is 9.97 Å². The lowest BCUT2D eigenvalue weighted by Gasteiger charge is -2.09. The first-order valence-corrected chi connectivity index (χ1v) is 5.53. The summed E-state index contributed by atoms with van der Waals surface area (Å²) in [4.78, 5) is 8.05. The highest BCUT2D eigenvalue weighted by Crippen LogP contribution is 2.25. The Morgan fingerprint density at radius 1 is 1.33 bits per heavy atom. The lowest BCUT2D eigenvalue weighted by atomic mass is 10.2. The lowest BCUT2D eigenvalue weighted by molar-refractivity contribution is 0.451. The van der Waals surface area contributed by atoms with Crippen LogP contribution in [0.5, 0.6) is 11.6 Å². The maximum absolute atomic E-state index is 13.1. The molecule has 0 aliphatic heterocycles. The maximum Gasteiger partial charge on any atom is 0.248 e. The Morgan fingerprint density at radius 3 is 2.78 bits per heavy atom. The van der Waals surface area contributed by atoms with Crippen molar-refractivity contribution >= 4 is 17.2 Å². The third kappa shape index (κ3) is 2.60. The zero-order valence-corrected chi connectivity index (χ0v) is 10.4. The summed E-state index contributed by atoms with van der Waals surface area (Å²) < 4.78 is 18.6. The number of nitrogens with two attached hydrogens (primary N) is 1. The van der Waals surface area contributed by atoms with Gasteiger partial charge in [0.25, 0.3) is 0 Å². The largest absolute Gasteiger partial charge is 0.437 e. The van der Waals surface area contributed by atoms with E-state index in [2.05, 4.69) is 9.97 Å². The van der Waals surface area contributed by atoms with Crippen LogP contribution in [0.2, 0.25) is 0 Å². The van der Waals surface area contributed by atoms with Gasteiger partial charge in [0.2, 0.25) is 5.88 Å². The van der Waals surface area contributed by atoms with E-state index in [0.29, 0.717) is 5.75 Å². The number of hydrogen-bond donors (Lipinski definition) is 1. The number of aromatic nitrogens is 2. The van der Waals surface area contributed by atoms with E-state index in [1.807, 2.05) is 0 Å². The molecular weight excluding hydrogens is 253 g/mol. The summed E-state index contributed by atoms with van der Waals surface area (Å²) in [5.41, 5.74) is 6.56. The molecule has 0 unspecified atom stereocenters. The van der Waals surface area contributed by atoms with E-state index >= 15 is 0 Å². The van der Waals surface area contributed by atoms with Gasteiger partial charge in [0.05, 0.1) is 0 Å². The first-order valence-electron chi connectivity index (χ1n) is 5.13. The Hall–Kier alpha value is -2.08. The van der Waals surface area contributed by atoms with Crippen LogP contribution in [-0.2, 0) is 0 Å². The van der Waals surface area contributed by atoms with Crippen molar-refractivity contribution in [3.63, 3.8) is 0 Å². The molecular formula is C12H10FN3OS. The van der Waals surface area contributed by atoms with E-state index < -0.39 is 5.82 Å². The third-order valence-electron chi connectivity index (χ3n) is 2.25. The molecule has 1 heterocycles. The fourth-order valence-electron chi connectivity index (χ4n) is 1.36. The van der Waals surface area contributed by atoms with Gasteiger partial charge in [0.15, 0.2) is 5.69 Å². The number of halogens is 1. The minimum Gasteiger partial charge on any atom is -0.437 e. The van der Waals surface area contributed by atoms with Crippen LogP contribution in [0.4, 0.5) is 4.39 Å². The highest BCUT2D eigenvalue weighted by atomic mass is 32.1. The minimum atomic E-state index is -0.392. The van der Waals surface area contributed by atoms with Crippen LogP contribution in [0.15, 0.2) is 30.6 Å². The molecule has 2 rings (SSSR count). The van der Waals surface area contributed by atoms with E-state index in [4.69, 9.17) is 22.7 Å². The Bertz CT molecular complexity index is 604. The molecule has 1 aromatic carbocycles. The monoisotopic (exact) mass is 263 g/mol. The van der Waals surface area contributed by atoms with Crippen LogP contribution in [0.25, 0.3) is 0 Å². The molecule has 0 saturated heterocycles. The Kier molecular flexibility index (Phi) is 3.47. The molecule has 0 atom stereocenters. The maximum atomic E-state index is 13.1. The molecule has 18 heavy (non-hydrogen) atoms. The molecule has 4 nitrogen and oxygen atoms in total. The van der Waals surface area contributed by atoms with Gasteiger partial charge in [-0.05, 0) is 18.6 Å². The summed E-state index contributed by atoms with van der Waals surface area (Å²) in [5, 5.41) is 0. The summed E-state index contributed by atoms with van der Waals surface area (Å²) in [5.74, 6) is 0.128. The first-order chi connectivity index (χ1) is 8.58. The molecule has 0 fully saturated rings. The summed E-state index contributed by atoms with van der Waals surface area (Å²) >= 11 is 4.85. The Balaban J connectivity index is 2.40. The number of hydrogen-bond acceptors (Lipinski definition) is 4. The van der Waals surface area contributed by atoms with Crippen molar-refractivity contribution < 1.29 is 9.13 Å². The van der Waals surface area contributed by atoms with Crippen LogP contribution in [0.3, 0.4) is 0 Å². The van der Waals surface area contributed by atoms with Crippen molar-refractivity contribution in [2.24, 2.45) is 5.73 Å². The van der Waals surface area contributed by atoms with Gasteiger partial charge in [0.1, 0.15) is 16.6 Å². The second kappa shape index (κ2) is 5.05. The van der Waals surface area contributed by atoms with Gasteiger partial charge in [-0.25, -0.2) is 14.4 Å². The smallest absolute Gasteiger partial charge is 0.248 e. The number of aryl methyl sites for hydroxylation is 1. The zero-order chi connectivity index (χ0) is 13.1. The molecule has 0 bridgehead atoms. The Morgan fingerprint density at radius 2 is 2.06 bits per heavy atom. The fourth-order valence-corrected chi connectivity index (χ4v) is 1.50. The van der Waals surface area contributed by atoms with Gasteiger partial charge >= 0.3 is 0 Å². The van der Waals surface area contributed by atoms with E-state index in [-0.39, 0.29) is 16.6 Å². The molecule has 2 N–H and O–H groups in total.